The number of anilines is 1. The molecule has 0 saturated heterocycles. The Labute approximate surface area is 116 Å². The second-order valence-corrected chi connectivity index (χ2v) is 6.25. The first-order valence-electron chi connectivity index (χ1n) is 4.92. The fourth-order valence-electron chi connectivity index (χ4n) is 1.45. The van der Waals surface area contributed by atoms with Crippen LogP contribution in [-0.2, 0) is 0 Å². The molecule has 1 aromatic carbocycles. The highest BCUT2D eigenvalue weighted by atomic mass is 79.9. The van der Waals surface area contributed by atoms with Crippen LogP contribution in [0.2, 0.25) is 0 Å². The molecule has 0 aliphatic heterocycles. The summed E-state index contributed by atoms with van der Waals surface area (Å²) in [4.78, 5) is 1.34. The van der Waals surface area contributed by atoms with Crippen LogP contribution >= 0.6 is 43.2 Å². The van der Waals surface area contributed by atoms with E-state index in [9.17, 15) is 0 Å². The van der Waals surface area contributed by atoms with E-state index in [-0.39, 0.29) is 0 Å². The van der Waals surface area contributed by atoms with E-state index in [4.69, 9.17) is 0 Å². The third kappa shape index (κ3) is 2.87. The molecule has 16 heavy (non-hydrogen) atoms. The average molecular weight is 361 g/mol. The number of benzene rings is 1. The fourth-order valence-corrected chi connectivity index (χ4v) is 2.91. The van der Waals surface area contributed by atoms with Gasteiger partial charge in [0.1, 0.15) is 0 Å². The fraction of sp³-hybridized carbons (Fsp3) is 0.167. The van der Waals surface area contributed by atoms with Gasteiger partial charge in [-0.3, -0.25) is 0 Å². The van der Waals surface area contributed by atoms with E-state index in [1.807, 2.05) is 12.1 Å². The maximum Gasteiger partial charge on any atom is 0.0578 e. The molecule has 1 N–H and O–H groups in total. The van der Waals surface area contributed by atoms with Crippen LogP contribution in [0, 0.1) is 0 Å². The normalized spacial score (nSPS) is 12.4. The van der Waals surface area contributed by atoms with Crippen molar-refractivity contribution in [2.24, 2.45) is 0 Å². The Morgan fingerprint density at radius 3 is 2.75 bits per heavy atom. The monoisotopic (exact) mass is 359 g/mol. The van der Waals surface area contributed by atoms with Crippen molar-refractivity contribution in [1.29, 1.82) is 0 Å². The molecule has 1 atom stereocenters. The van der Waals surface area contributed by atoms with Crippen LogP contribution < -0.4 is 5.32 Å². The number of hydrogen-bond acceptors (Lipinski definition) is 2. The molecule has 0 saturated carbocycles. The minimum Gasteiger partial charge on any atom is -0.377 e. The molecule has 1 unspecified atom stereocenters. The molecule has 2 aromatic rings. The molecule has 4 heteroatoms. The first-order chi connectivity index (χ1) is 7.66. The Kier molecular flexibility index (Phi) is 4.05. The van der Waals surface area contributed by atoms with Crippen LogP contribution in [0.15, 0.2) is 44.7 Å². The Balaban J connectivity index is 2.17. The van der Waals surface area contributed by atoms with E-state index in [1.54, 1.807) is 11.3 Å². The minimum atomic E-state index is 0.325. The van der Waals surface area contributed by atoms with Gasteiger partial charge in [-0.1, -0.05) is 22.0 Å². The lowest BCUT2D eigenvalue weighted by Crippen LogP contribution is -2.05. The molecule has 1 nitrogen and oxygen atoms in total. The molecule has 0 fully saturated rings. The zero-order chi connectivity index (χ0) is 11.5. The number of halogens is 2. The van der Waals surface area contributed by atoms with Crippen LogP contribution in [0.5, 0.6) is 0 Å². The average Bonchev–Trinajstić information content (AvgIpc) is 2.76. The van der Waals surface area contributed by atoms with Crippen molar-refractivity contribution >= 4 is 48.9 Å². The van der Waals surface area contributed by atoms with E-state index >= 15 is 0 Å². The van der Waals surface area contributed by atoms with Gasteiger partial charge in [0, 0.05) is 13.8 Å². The summed E-state index contributed by atoms with van der Waals surface area (Å²) >= 11 is 8.79. The summed E-state index contributed by atoms with van der Waals surface area (Å²) in [6, 6.07) is 10.7. The molecular weight excluding hydrogens is 350 g/mol. The van der Waals surface area contributed by atoms with Crippen LogP contribution in [-0.4, -0.2) is 0 Å². The molecule has 0 amide bonds. The Bertz CT molecular complexity index is 468. The molecule has 84 valence electrons. The van der Waals surface area contributed by atoms with Crippen LogP contribution in [0.3, 0.4) is 0 Å². The van der Waals surface area contributed by atoms with Crippen LogP contribution in [0.1, 0.15) is 17.8 Å². The predicted molar refractivity (Wildman–Crippen MR) is 78.2 cm³/mol. The zero-order valence-electron chi connectivity index (χ0n) is 8.71. The van der Waals surface area contributed by atoms with E-state index in [1.165, 1.54) is 4.88 Å². The Hall–Kier alpha value is -0.320. The summed E-state index contributed by atoms with van der Waals surface area (Å²) < 4.78 is 2.16. The Morgan fingerprint density at radius 2 is 2.06 bits per heavy atom. The van der Waals surface area contributed by atoms with Gasteiger partial charge in [0.2, 0.25) is 0 Å². The van der Waals surface area contributed by atoms with E-state index in [0.717, 1.165) is 14.6 Å². The minimum absolute atomic E-state index is 0.325. The molecular formula is C12H11Br2NS. The topological polar surface area (TPSA) is 12.0 Å². The van der Waals surface area contributed by atoms with Crippen molar-refractivity contribution in [3.8, 4) is 0 Å². The molecule has 0 bridgehead atoms. The number of thiophene rings is 1. The van der Waals surface area contributed by atoms with E-state index in [2.05, 4.69) is 67.7 Å². The van der Waals surface area contributed by atoms with Crippen molar-refractivity contribution in [3.05, 3.63) is 49.5 Å². The maximum absolute atomic E-state index is 3.54. The number of rotatable bonds is 3. The van der Waals surface area contributed by atoms with E-state index in [0.29, 0.717) is 6.04 Å². The quantitative estimate of drug-likeness (QED) is 0.767. The third-order valence-electron chi connectivity index (χ3n) is 2.27. The van der Waals surface area contributed by atoms with Crippen molar-refractivity contribution in [2.45, 2.75) is 13.0 Å². The lowest BCUT2D eigenvalue weighted by atomic mass is 10.2. The smallest absolute Gasteiger partial charge is 0.0578 e. The molecule has 2 rings (SSSR count). The molecule has 1 aromatic heterocycles. The summed E-state index contributed by atoms with van der Waals surface area (Å²) in [5, 5.41) is 5.59. The summed E-state index contributed by atoms with van der Waals surface area (Å²) in [6.07, 6.45) is 0. The standard InChI is InChI=1S/C12H11Br2NS/c1-8(12-3-2-6-16-12)15-11-7-9(13)4-5-10(11)14/h2-8,15H,1H3. The second-order valence-electron chi connectivity index (χ2n) is 3.51. The largest absolute Gasteiger partial charge is 0.377 e. The second kappa shape index (κ2) is 5.34. The number of nitrogens with one attached hydrogen (secondary N) is 1. The lowest BCUT2D eigenvalue weighted by Gasteiger charge is -2.15. The highest BCUT2D eigenvalue weighted by Crippen LogP contribution is 2.30. The molecule has 0 radical (unpaired) electrons. The van der Waals surface area contributed by atoms with Crippen molar-refractivity contribution < 1.29 is 0 Å². The first kappa shape index (κ1) is 12.1. The van der Waals surface area contributed by atoms with Gasteiger partial charge in [0.15, 0.2) is 0 Å². The number of hydrogen-bond donors (Lipinski definition) is 1. The van der Waals surface area contributed by atoms with Gasteiger partial charge in [0.05, 0.1) is 11.7 Å². The van der Waals surface area contributed by atoms with Crippen molar-refractivity contribution in [3.63, 3.8) is 0 Å². The summed E-state index contributed by atoms with van der Waals surface area (Å²) in [5.74, 6) is 0. The zero-order valence-corrected chi connectivity index (χ0v) is 12.7. The van der Waals surface area contributed by atoms with Gasteiger partial charge in [-0.25, -0.2) is 0 Å². The highest BCUT2D eigenvalue weighted by molar-refractivity contribution is 9.11. The molecule has 0 spiro atoms. The van der Waals surface area contributed by atoms with Gasteiger partial charge in [-0.2, -0.15) is 0 Å². The summed E-state index contributed by atoms with van der Waals surface area (Å²) in [7, 11) is 0. The van der Waals surface area contributed by atoms with Crippen molar-refractivity contribution in [2.75, 3.05) is 5.32 Å². The molecule has 0 aliphatic rings. The van der Waals surface area contributed by atoms with Crippen molar-refractivity contribution in [1.82, 2.24) is 0 Å². The third-order valence-corrected chi connectivity index (χ3v) is 4.51. The van der Waals surface area contributed by atoms with E-state index < -0.39 is 0 Å². The van der Waals surface area contributed by atoms with Gasteiger partial charge in [-0.15, -0.1) is 11.3 Å². The predicted octanol–water partition coefficient (Wildman–Crippen LogP) is 5.45. The lowest BCUT2D eigenvalue weighted by molar-refractivity contribution is 0.906. The summed E-state index contributed by atoms with van der Waals surface area (Å²) in [5.41, 5.74) is 1.11. The van der Waals surface area contributed by atoms with Gasteiger partial charge >= 0.3 is 0 Å². The highest BCUT2D eigenvalue weighted by Gasteiger charge is 2.08. The van der Waals surface area contributed by atoms with Gasteiger partial charge in [-0.05, 0) is 52.5 Å². The first-order valence-corrected chi connectivity index (χ1v) is 7.38. The van der Waals surface area contributed by atoms with Gasteiger partial charge in [0.25, 0.3) is 0 Å². The maximum atomic E-state index is 3.54. The van der Waals surface area contributed by atoms with Gasteiger partial charge < -0.3 is 5.32 Å². The SMILES string of the molecule is CC(Nc1cc(Br)ccc1Br)c1cccs1. The van der Waals surface area contributed by atoms with Crippen LogP contribution in [0.25, 0.3) is 0 Å². The van der Waals surface area contributed by atoms with Crippen LogP contribution in [0.4, 0.5) is 5.69 Å². The molecule has 1 heterocycles. The summed E-state index contributed by atoms with van der Waals surface area (Å²) in [6.45, 7) is 2.17. The molecule has 0 aliphatic carbocycles. The Morgan fingerprint density at radius 1 is 1.25 bits per heavy atom.